The molecule has 1 amide bonds. The molecule has 0 aliphatic carbocycles. The first-order valence-corrected chi connectivity index (χ1v) is 5.69. The van der Waals surface area contributed by atoms with Gasteiger partial charge in [-0.2, -0.15) is 0 Å². The molecule has 0 saturated heterocycles. The number of amides is 1. The number of aliphatic carboxylic acids is 2. The van der Waals surface area contributed by atoms with Crippen LogP contribution in [0.25, 0.3) is 0 Å². The lowest BCUT2D eigenvalue weighted by Crippen LogP contribution is -2.39. The van der Waals surface area contributed by atoms with E-state index in [1.54, 1.807) is 0 Å². The average Bonchev–Trinajstić information content (AvgIpc) is 2.74. The summed E-state index contributed by atoms with van der Waals surface area (Å²) in [6.45, 7) is -1.23. The van der Waals surface area contributed by atoms with Crippen molar-refractivity contribution in [3.8, 4) is 0 Å². The van der Waals surface area contributed by atoms with Crippen LogP contribution in [0.3, 0.4) is 0 Å². The second-order valence-corrected chi connectivity index (χ2v) is 4.22. The number of thiazole rings is 1. The molecule has 1 heterocycles. The van der Waals surface area contributed by atoms with Gasteiger partial charge in [-0.05, 0) is 0 Å². The minimum absolute atomic E-state index is 0.00273. The van der Waals surface area contributed by atoms with E-state index in [1.807, 2.05) is 0 Å². The van der Waals surface area contributed by atoms with E-state index in [0.717, 1.165) is 11.3 Å². The summed E-state index contributed by atoms with van der Waals surface area (Å²) in [5, 5.41) is 19.2. The molecular formula is C9H11N3O5S. The highest BCUT2D eigenvalue weighted by Gasteiger charge is 2.22. The number of hydrogen-bond acceptors (Lipinski definition) is 6. The van der Waals surface area contributed by atoms with E-state index in [9.17, 15) is 14.4 Å². The Bertz CT molecular complexity index is 457. The molecule has 8 nitrogen and oxygen atoms in total. The van der Waals surface area contributed by atoms with Crippen LogP contribution in [0, 0.1) is 0 Å². The number of nitrogens with two attached hydrogens (primary N) is 1. The molecule has 0 spiro atoms. The third kappa shape index (κ3) is 3.79. The Labute approximate surface area is 106 Å². The van der Waals surface area contributed by atoms with Crippen LogP contribution in [0.1, 0.15) is 15.5 Å². The number of aromatic nitrogens is 1. The van der Waals surface area contributed by atoms with Gasteiger partial charge in [-0.1, -0.05) is 0 Å². The number of rotatable bonds is 6. The van der Waals surface area contributed by atoms with Crippen molar-refractivity contribution >= 4 is 29.2 Å². The van der Waals surface area contributed by atoms with Crippen LogP contribution in [0.15, 0.2) is 5.38 Å². The van der Waals surface area contributed by atoms with Gasteiger partial charge in [-0.25, -0.2) is 4.98 Å². The van der Waals surface area contributed by atoms with Crippen molar-refractivity contribution < 1.29 is 24.6 Å². The third-order valence-corrected chi connectivity index (χ3v) is 2.76. The number of nitrogens with zero attached hydrogens (tertiary/aromatic N) is 2. The third-order valence-electron chi connectivity index (χ3n) is 1.88. The number of hydrogen-bond donors (Lipinski definition) is 3. The molecule has 0 unspecified atom stereocenters. The Morgan fingerprint density at radius 1 is 1.28 bits per heavy atom. The normalized spacial score (nSPS) is 10.1. The van der Waals surface area contributed by atoms with Gasteiger partial charge in [0.25, 0.3) is 5.91 Å². The van der Waals surface area contributed by atoms with Crippen molar-refractivity contribution in [1.82, 2.24) is 9.88 Å². The molecule has 9 heteroatoms. The van der Waals surface area contributed by atoms with Gasteiger partial charge in [-0.15, -0.1) is 11.3 Å². The SMILES string of the molecule is NCc1nc(C(=O)N(CC(=O)O)CC(=O)O)cs1. The molecular weight excluding hydrogens is 262 g/mol. The van der Waals surface area contributed by atoms with E-state index >= 15 is 0 Å². The van der Waals surface area contributed by atoms with Crippen molar-refractivity contribution in [1.29, 1.82) is 0 Å². The summed E-state index contributed by atoms with van der Waals surface area (Å²) in [7, 11) is 0. The lowest BCUT2D eigenvalue weighted by molar-refractivity contribution is -0.140. The Balaban J connectivity index is 2.86. The summed E-state index contributed by atoms with van der Waals surface area (Å²) in [4.78, 5) is 37.6. The van der Waals surface area contributed by atoms with Gasteiger partial charge in [0.15, 0.2) is 0 Å². The van der Waals surface area contributed by atoms with Crippen LogP contribution in [0.5, 0.6) is 0 Å². The van der Waals surface area contributed by atoms with Gasteiger partial charge in [-0.3, -0.25) is 14.4 Å². The second kappa shape index (κ2) is 6.07. The number of carbonyl (C=O) groups is 3. The molecule has 0 atom stereocenters. The van der Waals surface area contributed by atoms with Gasteiger partial charge < -0.3 is 20.8 Å². The van der Waals surface area contributed by atoms with Gasteiger partial charge in [0, 0.05) is 11.9 Å². The average molecular weight is 273 g/mol. The molecule has 98 valence electrons. The van der Waals surface area contributed by atoms with Gasteiger partial charge in [0.05, 0.1) is 0 Å². The maximum absolute atomic E-state index is 11.8. The Morgan fingerprint density at radius 3 is 2.22 bits per heavy atom. The molecule has 4 N–H and O–H groups in total. The van der Waals surface area contributed by atoms with E-state index in [4.69, 9.17) is 15.9 Å². The fraction of sp³-hybridized carbons (Fsp3) is 0.333. The van der Waals surface area contributed by atoms with Crippen LogP contribution in [-0.4, -0.2) is 51.0 Å². The van der Waals surface area contributed by atoms with Crippen LogP contribution in [0.4, 0.5) is 0 Å². The number of carbonyl (C=O) groups excluding carboxylic acids is 1. The van der Waals surface area contributed by atoms with E-state index in [2.05, 4.69) is 4.98 Å². The molecule has 1 aromatic rings. The minimum Gasteiger partial charge on any atom is -0.480 e. The molecule has 1 rings (SSSR count). The first-order chi connectivity index (χ1) is 8.43. The largest absolute Gasteiger partial charge is 0.480 e. The topological polar surface area (TPSA) is 134 Å². The van der Waals surface area contributed by atoms with E-state index in [0.29, 0.717) is 9.91 Å². The highest BCUT2D eigenvalue weighted by molar-refractivity contribution is 7.09. The smallest absolute Gasteiger partial charge is 0.323 e. The van der Waals surface area contributed by atoms with Crippen molar-refractivity contribution in [2.75, 3.05) is 13.1 Å². The molecule has 0 saturated carbocycles. The Morgan fingerprint density at radius 2 is 1.83 bits per heavy atom. The summed E-state index contributed by atoms with van der Waals surface area (Å²) in [5.74, 6) is -3.33. The molecule has 0 aromatic carbocycles. The van der Waals surface area contributed by atoms with Gasteiger partial charge >= 0.3 is 11.9 Å². The fourth-order valence-electron chi connectivity index (χ4n) is 1.19. The molecule has 1 aromatic heterocycles. The number of carboxylic acid groups (broad SMARTS) is 2. The lowest BCUT2D eigenvalue weighted by atomic mass is 10.3. The van der Waals surface area contributed by atoms with Gasteiger partial charge in [0.2, 0.25) is 0 Å². The first kappa shape index (κ1) is 14.1. The summed E-state index contributed by atoms with van der Waals surface area (Å²) >= 11 is 1.15. The zero-order valence-electron chi connectivity index (χ0n) is 9.20. The zero-order valence-corrected chi connectivity index (χ0v) is 10.0. The van der Waals surface area contributed by atoms with E-state index in [1.165, 1.54) is 5.38 Å². The predicted molar refractivity (Wildman–Crippen MR) is 61.2 cm³/mol. The molecule has 18 heavy (non-hydrogen) atoms. The van der Waals surface area contributed by atoms with Gasteiger partial charge in [0.1, 0.15) is 23.8 Å². The van der Waals surface area contributed by atoms with E-state index in [-0.39, 0.29) is 12.2 Å². The highest BCUT2D eigenvalue weighted by Crippen LogP contribution is 2.11. The van der Waals surface area contributed by atoms with Crippen LogP contribution >= 0.6 is 11.3 Å². The summed E-state index contributed by atoms with van der Waals surface area (Å²) in [5.41, 5.74) is 5.34. The Hall–Kier alpha value is -2.00. The Kier molecular flexibility index (Phi) is 4.75. The molecule has 0 bridgehead atoms. The number of carboxylic acids is 2. The van der Waals surface area contributed by atoms with E-state index < -0.39 is 30.9 Å². The highest BCUT2D eigenvalue weighted by atomic mass is 32.1. The quantitative estimate of drug-likeness (QED) is 0.618. The van der Waals surface area contributed by atoms with Crippen molar-refractivity contribution in [3.05, 3.63) is 16.1 Å². The molecule has 0 aliphatic heterocycles. The summed E-state index contributed by atoms with van der Waals surface area (Å²) in [6.07, 6.45) is 0. The fourth-order valence-corrected chi connectivity index (χ4v) is 1.84. The molecule has 0 fully saturated rings. The maximum Gasteiger partial charge on any atom is 0.323 e. The first-order valence-electron chi connectivity index (χ1n) is 4.81. The second-order valence-electron chi connectivity index (χ2n) is 3.28. The predicted octanol–water partition coefficient (Wildman–Crippen LogP) is -0.787. The van der Waals surface area contributed by atoms with Crippen LogP contribution in [0.2, 0.25) is 0 Å². The summed E-state index contributed by atoms with van der Waals surface area (Å²) in [6, 6.07) is 0. The van der Waals surface area contributed by atoms with Crippen molar-refractivity contribution in [2.24, 2.45) is 5.73 Å². The van der Waals surface area contributed by atoms with Crippen molar-refractivity contribution in [2.45, 2.75) is 6.54 Å². The van der Waals surface area contributed by atoms with Crippen molar-refractivity contribution in [3.63, 3.8) is 0 Å². The molecule has 0 aliphatic rings. The standard InChI is InChI=1S/C9H11N3O5S/c10-1-6-11-5(4-18-6)9(17)12(2-7(13)14)3-8(15)16/h4H,1-3,10H2,(H,13,14)(H,15,16). The molecule has 0 radical (unpaired) electrons. The van der Waals surface area contributed by atoms with Crippen LogP contribution in [-0.2, 0) is 16.1 Å². The minimum atomic E-state index is -1.29. The maximum atomic E-state index is 11.8. The lowest BCUT2D eigenvalue weighted by Gasteiger charge is -2.16. The van der Waals surface area contributed by atoms with Crippen LogP contribution < -0.4 is 5.73 Å². The zero-order chi connectivity index (χ0) is 13.7. The monoisotopic (exact) mass is 273 g/mol. The summed E-state index contributed by atoms with van der Waals surface area (Å²) < 4.78 is 0.